The number of carbonyl (C=O) groups is 1. The van der Waals surface area contributed by atoms with Gasteiger partial charge < -0.3 is 10.1 Å². The van der Waals surface area contributed by atoms with E-state index in [0.717, 1.165) is 11.1 Å². The Morgan fingerprint density at radius 2 is 1.61 bits per heavy atom. The summed E-state index contributed by atoms with van der Waals surface area (Å²) < 4.78 is 40.6. The summed E-state index contributed by atoms with van der Waals surface area (Å²) >= 11 is 0. The van der Waals surface area contributed by atoms with Gasteiger partial charge in [-0.1, -0.05) is 6.07 Å². The Balaban J connectivity index is 1.79. The van der Waals surface area contributed by atoms with Gasteiger partial charge in [0.1, 0.15) is 5.75 Å². The summed E-state index contributed by atoms with van der Waals surface area (Å²) in [6, 6.07) is 14.2. The Hall–Kier alpha value is -3.35. The van der Waals surface area contributed by atoms with Crippen molar-refractivity contribution in [2.24, 2.45) is 0 Å². The van der Waals surface area contributed by atoms with Crippen LogP contribution in [0.4, 0.5) is 18.9 Å². The first-order chi connectivity index (χ1) is 13.2. The molecule has 1 heterocycles. The van der Waals surface area contributed by atoms with Crippen LogP contribution < -0.4 is 10.1 Å². The van der Waals surface area contributed by atoms with E-state index in [1.54, 1.807) is 12.1 Å². The topological polar surface area (TPSA) is 51.2 Å². The Bertz CT molecular complexity index is 979. The molecule has 0 aliphatic heterocycles. The molecular weight excluding hydrogens is 369 g/mol. The van der Waals surface area contributed by atoms with Crippen molar-refractivity contribution in [1.82, 2.24) is 4.98 Å². The average molecular weight is 386 g/mol. The van der Waals surface area contributed by atoms with Crippen LogP contribution in [0.1, 0.15) is 21.5 Å². The fourth-order valence-electron chi connectivity index (χ4n) is 2.81. The molecule has 1 N–H and O–H groups in total. The van der Waals surface area contributed by atoms with Crippen LogP contribution >= 0.6 is 0 Å². The number of alkyl halides is 3. The minimum absolute atomic E-state index is 0.300. The molecule has 0 spiro atoms. The van der Waals surface area contributed by atoms with Gasteiger partial charge >= 0.3 is 6.36 Å². The lowest BCUT2D eigenvalue weighted by Gasteiger charge is -2.10. The molecule has 1 amide bonds. The standard InChI is InChI=1S/C21H17F3N2O2/c1-13-9-14(2)11-17(10-13)26-20(27)16-7-8-25-19(12-16)15-3-5-18(6-4-15)28-21(22,23)24/h3-12H,1-2H3,(H,26,27). The maximum atomic E-state index is 12.5. The molecule has 3 aromatic rings. The number of nitrogens with zero attached hydrogens (tertiary/aromatic N) is 1. The Morgan fingerprint density at radius 1 is 0.964 bits per heavy atom. The van der Waals surface area contributed by atoms with Crippen molar-refractivity contribution in [3.05, 3.63) is 77.5 Å². The van der Waals surface area contributed by atoms with E-state index in [0.29, 0.717) is 22.5 Å². The molecule has 0 unspecified atom stereocenters. The van der Waals surface area contributed by atoms with Crippen LogP contribution in [0.15, 0.2) is 60.8 Å². The van der Waals surface area contributed by atoms with E-state index in [4.69, 9.17) is 0 Å². The van der Waals surface area contributed by atoms with E-state index >= 15 is 0 Å². The van der Waals surface area contributed by atoms with E-state index in [-0.39, 0.29) is 11.7 Å². The van der Waals surface area contributed by atoms with Crippen molar-refractivity contribution in [2.45, 2.75) is 20.2 Å². The molecule has 0 atom stereocenters. The van der Waals surface area contributed by atoms with Gasteiger partial charge in [0.15, 0.2) is 0 Å². The molecule has 144 valence electrons. The molecule has 0 fully saturated rings. The van der Waals surface area contributed by atoms with Crippen molar-refractivity contribution < 1.29 is 22.7 Å². The number of carbonyl (C=O) groups excluding carboxylic acids is 1. The maximum absolute atomic E-state index is 12.5. The minimum atomic E-state index is -4.74. The number of anilines is 1. The monoisotopic (exact) mass is 386 g/mol. The third kappa shape index (κ3) is 5.09. The predicted molar refractivity (Wildman–Crippen MR) is 100 cm³/mol. The lowest BCUT2D eigenvalue weighted by Crippen LogP contribution is -2.16. The van der Waals surface area contributed by atoms with Crippen molar-refractivity contribution in [2.75, 3.05) is 5.32 Å². The number of hydrogen-bond donors (Lipinski definition) is 1. The first-order valence-corrected chi connectivity index (χ1v) is 8.41. The number of benzene rings is 2. The van der Waals surface area contributed by atoms with Crippen LogP contribution in [-0.2, 0) is 0 Å². The van der Waals surface area contributed by atoms with Crippen LogP contribution in [0.25, 0.3) is 11.3 Å². The van der Waals surface area contributed by atoms with Crippen molar-refractivity contribution in [1.29, 1.82) is 0 Å². The maximum Gasteiger partial charge on any atom is 0.573 e. The summed E-state index contributed by atoms with van der Waals surface area (Å²) in [7, 11) is 0. The minimum Gasteiger partial charge on any atom is -0.406 e. The quantitative estimate of drug-likeness (QED) is 0.643. The third-order valence-electron chi connectivity index (χ3n) is 3.89. The van der Waals surface area contributed by atoms with Gasteiger partial charge in [-0.3, -0.25) is 9.78 Å². The van der Waals surface area contributed by atoms with Gasteiger partial charge in [-0.05, 0) is 73.5 Å². The highest BCUT2D eigenvalue weighted by Crippen LogP contribution is 2.26. The second-order valence-corrected chi connectivity index (χ2v) is 6.33. The van der Waals surface area contributed by atoms with E-state index in [9.17, 15) is 18.0 Å². The number of aryl methyl sites for hydroxylation is 2. The highest BCUT2D eigenvalue weighted by Gasteiger charge is 2.30. The summed E-state index contributed by atoms with van der Waals surface area (Å²) in [6.07, 6.45) is -3.27. The molecule has 0 saturated heterocycles. The molecule has 2 aromatic carbocycles. The summed E-state index contributed by atoms with van der Waals surface area (Å²) in [5.74, 6) is -0.620. The second-order valence-electron chi connectivity index (χ2n) is 6.33. The second kappa shape index (κ2) is 7.72. The molecule has 0 radical (unpaired) electrons. The molecule has 0 aliphatic rings. The highest BCUT2D eigenvalue weighted by atomic mass is 19.4. The molecule has 0 bridgehead atoms. The third-order valence-corrected chi connectivity index (χ3v) is 3.89. The first kappa shape index (κ1) is 19.4. The van der Waals surface area contributed by atoms with Crippen molar-refractivity contribution in [3.8, 4) is 17.0 Å². The predicted octanol–water partition coefficient (Wildman–Crippen LogP) is 5.52. The van der Waals surface area contributed by atoms with Gasteiger partial charge in [-0.15, -0.1) is 13.2 Å². The van der Waals surface area contributed by atoms with Crippen LogP contribution in [0.5, 0.6) is 5.75 Å². The van der Waals surface area contributed by atoms with Crippen LogP contribution in [0.2, 0.25) is 0 Å². The number of hydrogen-bond acceptors (Lipinski definition) is 3. The zero-order valence-electron chi connectivity index (χ0n) is 15.2. The summed E-state index contributed by atoms with van der Waals surface area (Å²) in [5, 5.41) is 2.84. The molecular formula is C21H17F3N2O2. The van der Waals surface area contributed by atoms with Gasteiger partial charge in [0, 0.05) is 23.0 Å². The Morgan fingerprint density at radius 3 is 2.21 bits per heavy atom. The van der Waals surface area contributed by atoms with Gasteiger partial charge in [0.2, 0.25) is 0 Å². The van der Waals surface area contributed by atoms with E-state index in [2.05, 4.69) is 15.0 Å². The lowest BCUT2D eigenvalue weighted by atomic mass is 10.1. The molecule has 28 heavy (non-hydrogen) atoms. The number of amides is 1. The van der Waals surface area contributed by atoms with Crippen LogP contribution in [0.3, 0.4) is 0 Å². The van der Waals surface area contributed by atoms with E-state index < -0.39 is 6.36 Å². The Labute approximate surface area is 160 Å². The summed E-state index contributed by atoms with van der Waals surface area (Å²) in [5.41, 5.74) is 4.18. The smallest absolute Gasteiger partial charge is 0.406 e. The number of aromatic nitrogens is 1. The zero-order chi connectivity index (χ0) is 20.3. The molecule has 4 nitrogen and oxygen atoms in total. The SMILES string of the molecule is Cc1cc(C)cc(NC(=O)c2ccnc(-c3ccc(OC(F)(F)F)cc3)c2)c1. The van der Waals surface area contributed by atoms with E-state index in [1.807, 2.05) is 32.0 Å². The van der Waals surface area contributed by atoms with Gasteiger partial charge in [-0.25, -0.2) is 0 Å². The van der Waals surface area contributed by atoms with Crippen molar-refractivity contribution >= 4 is 11.6 Å². The normalized spacial score (nSPS) is 11.2. The number of ether oxygens (including phenoxy) is 1. The highest BCUT2D eigenvalue weighted by molar-refractivity contribution is 6.04. The van der Waals surface area contributed by atoms with Gasteiger partial charge in [-0.2, -0.15) is 0 Å². The van der Waals surface area contributed by atoms with Gasteiger partial charge in [0.25, 0.3) is 5.91 Å². The molecule has 3 rings (SSSR count). The van der Waals surface area contributed by atoms with Crippen molar-refractivity contribution in [3.63, 3.8) is 0 Å². The lowest BCUT2D eigenvalue weighted by molar-refractivity contribution is -0.274. The zero-order valence-corrected chi connectivity index (χ0v) is 15.2. The molecule has 1 aromatic heterocycles. The number of nitrogens with one attached hydrogen (secondary N) is 1. The number of halogens is 3. The number of pyridine rings is 1. The fraction of sp³-hybridized carbons (Fsp3) is 0.143. The number of rotatable bonds is 4. The summed E-state index contributed by atoms with van der Waals surface area (Å²) in [4.78, 5) is 16.7. The average Bonchev–Trinajstić information content (AvgIpc) is 2.60. The Kier molecular flexibility index (Phi) is 5.35. The van der Waals surface area contributed by atoms with Gasteiger partial charge in [0.05, 0.1) is 5.69 Å². The summed E-state index contributed by atoms with van der Waals surface area (Å²) in [6.45, 7) is 3.89. The molecule has 0 saturated carbocycles. The van der Waals surface area contributed by atoms with Crippen LogP contribution in [-0.4, -0.2) is 17.3 Å². The molecule has 7 heteroatoms. The fourth-order valence-corrected chi connectivity index (χ4v) is 2.81. The largest absolute Gasteiger partial charge is 0.573 e. The first-order valence-electron chi connectivity index (χ1n) is 8.41. The van der Waals surface area contributed by atoms with Crippen LogP contribution in [0, 0.1) is 13.8 Å². The van der Waals surface area contributed by atoms with E-state index in [1.165, 1.54) is 30.5 Å². The molecule has 0 aliphatic carbocycles.